The van der Waals surface area contributed by atoms with E-state index in [1.165, 1.54) is 0 Å². The van der Waals surface area contributed by atoms with E-state index in [2.05, 4.69) is 0 Å². The zero-order valence-corrected chi connectivity index (χ0v) is 10.4. The average Bonchev–Trinajstić information content (AvgIpc) is 2.63. The highest BCUT2D eigenvalue weighted by molar-refractivity contribution is 5.97. The fourth-order valence-electron chi connectivity index (χ4n) is 3.07. The molecular weight excluding hydrogens is 224 g/mol. The van der Waals surface area contributed by atoms with Gasteiger partial charge >= 0.3 is 5.97 Å². The lowest BCUT2D eigenvalue weighted by molar-refractivity contribution is -0.141. The highest BCUT2D eigenvalue weighted by atomic mass is 16.4. The van der Waals surface area contributed by atoms with E-state index in [4.69, 9.17) is 0 Å². The van der Waals surface area contributed by atoms with Crippen molar-refractivity contribution in [1.29, 1.82) is 0 Å². The summed E-state index contributed by atoms with van der Waals surface area (Å²) in [6, 6.07) is 13.8. The second-order valence-electron chi connectivity index (χ2n) is 4.97. The van der Waals surface area contributed by atoms with Gasteiger partial charge in [-0.3, -0.25) is 4.79 Å². The summed E-state index contributed by atoms with van der Waals surface area (Å²) in [6.07, 6.45) is 0. The van der Waals surface area contributed by atoms with Crippen molar-refractivity contribution in [2.45, 2.75) is 19.3 Å². The van der Waals surface area contributed by atoms with Crippen LogP contribution < -0.4 is 0 Å². The molecular formula is C16H14O2. The van der Waals surface area contributed by atoms with Crippen molar-refractivity contribution in [3.05, 3.63) is 59.2 Å². The molecule has 0 heterocycles. The summed E-state index contributed by atoms with van der Waals surface area (Å²) < 4.78 is 0. The Labute approximate surface area is 106 Å². The Balaban J connectivity index is 2.47. The van der Waals surface area contributed by atoms with E-state index < -0.39 is 11.4 Å². The van der Waals surface area contributed by atoms with Crippen molar-refractivity contribution in [3.8, 4) is 11.1 Å². The Bertz CT molecular complexity index is 658. The first-order valence-corrected chi connectivity index (χ1v) is 6.00. The molecule has 1 unspecified atom stereocenters. The molecule has 0 spiro atoms. The number of hydrogen-bond donors (Lipinski definition) is 1. The first-order valence-electron chi connectivity index (χ1n) is 6.00. The number of rotatable bonds is 1. The fourth-order valence-corrected chi connectivity index (χ4v) is 3.07. The van der Waals surface area contributed by atoms with Crippen LogP contribution in [0, 0.1) is 6.92 Å². The number of carbonyl (C=O) groups is 1. The maximum Gasteiger partial charge on any atom is 0.318 e. The van der Waals surface area contributed by atoms with E-state index in [0.717, 1.165) is 27.8 Å². The third kappa shape index (κ3) is 1.15. The van der Waals surface area contributed by atoms with Crippen LogP contribution in [0.3, 0.4) is 0 Å². The molecule has 0 radical (unpaired) electrons. The molecule has 0 saturated carbocycles. The van der Waals surface area contributed by atoms with Gasteiger partial charge in [-0.25, -0.2) is 0 Å². The number of aryl methyl sites for hydroxylation is 1. The van der Waals surface area contributed by atoms with Crippen LogP contribution in [0.15, 0.2) is 42.5 Å². The van der Waals surface area contributed by atoms with Crippen LogP contribution in [0.2, 0.25) is 0 Å². The molecule has 2 heteroatoms. The van der Waals surface area contributed by atoms with Crippen LogP contribution in [0.5, 0.6) is 0 Å². The molecule has 1 N–H and O–H groups in total. The van der Waals surface area contributed by atoms with Gasteiger partial charge < -0.3 is 5.11 Å². The maximum atomic E-state index is 11.8. The van der Waals surface area contributed by atoms with E-state index in [1.54, 1.807) is 6.92 Å². The van der Waals surface area contributed by atoms with Crippen LogP contribution in [0.1, 0.15) is 23.6 Å². The van der Waals surface area contributed by atoms with Crippen LogP contribution >= 0.6 is 0 Å². The Morgan fingerprint density at radius 3 is 2.44 bits per heavy atom. The van der Waals surface area contributed by atoms with Gasteiger partial charge in [0.15, 0.2) is 0 Å². The van der Waals surface area contributed by atoms with Gasteiger partial charge in [0.2, 0.25) is 0 Å². The summed E-state index contributed by atoms with van der Waals surface area (Å²) in [4.78, 5) is 11.8. The molecule has 1 aliphatic carbocycles. The Hall–Kier alpha value is -2.09. The second kappa shape index (κ2) is 3.45. The zero-order valence-electron chi connectivity index (χ0n) is 10.4. The minimum Gasteiger partial charge on any atom is -0.480 e. The third-order valence-electron chi connectivity index (χ3n) is 3.96. The van der Waals surface area contributed by atoms with Crippen LogP contribution in [0.4, 0.5) is 0 Å². The highest BCUT2D eigenvalue weighted by Gasteiger charge is 2.46. The van der Waals surface area contributed by atoms with Crippen LogP contribution in [0.25, 0.3) is 11.1 Å². The molecule has 18 heavy (non-hydrogen) atoms. The number of hydrogen-bond acceptors (Lipinski definition) is 1. The zero-order chi connectivity index (χ0) is 12.9. The molecule has 3 rings (SSSR count). The van der Waals surface area contributed by atoms with Crippen molar-refractivity contribution in [2.24, 2.45) is 0 Å². The van der Waals surface area contributed by atoms with Gasteiger partial charge in [-0.1, -0.05) is 42.5 Å². The number of carboxylic acid groups (broad SMARTS) is 1. The van der Waals surface area contributed by atoms with E-state index in [0.29, 0.717) is 0 Å². The molecule has 90 valence electrons. The number of carboxylic acids is 1. The molecule has 0 amide bonds. The molecule has 0 fully saturated rings. The Kier molecular flexibility index (Phi) is 2.11. The van der Waals surface area contributed by atoms with E-state index in [9.17, 15) is 9.90 Å². The minimum atomic E-state index is -0.933. The maximum absolute atomic E-state index is 11.8. The molecule has 2 aromatic rings. The van der Waals surface area contributed by atoms with Gasteiger partial charge in [0.25, 0.3) is 0 Å². The molecule has 2 nitrogen and oxygen atoms in total. The van der Waals surface area contributed by atoms with Gasteiger partial charge in [0.1, 0.15) is 5.41 Å². The first-order chi connectivity index (χ1) is 8.56. The molecule has 0 saturated heterocycles. The van der Waals surface area contributed by atoms with Crippen molar-refractivity contribution < 1.29 is 9.90 Å². The molecule has 2 aromatic carbocycles. The van der Waals surface area contributed by atoms with Gasteiger partial charge in [-0.2, -0.15) is 0 Å². The van der Waals surface area contributed by atoms with Crippen LogP contribution in [-0.4, -0.2) is 11.1 Å². The van der Waals surface area contributed by atoms with Gasteiger partial charge in [0.05, 0.1) is 0 Å². The Morgan fingerprint density at radius 1 is 1.06 bits per heavy atom. The molecule has 0 aromatic heterocycles. The summed E-state index contributed by atoms with van der Waals surface area (Å²) in [5, 5.41) is 9.69. The SMILES string of the molecule is Cc1cccc2c1C(C)(C(=O)O)c1ccccc1-2. The van der Waals surface area contributed by atoms with Gasteiger partial charge in [0, 0.05) is 0 Å². The summed E-state index contributed by atoms with van der Waals surface area (Å²) >= 11 is 0. The smallest absolute Gasteiger partial charge is 0.318 e. The number of benzene rings is 2. The van der Waals surface area contributed by atoms with E-state index in [1.807, 2.05) is 49.4 Å². The lowest BCUT2D eigenvalue weighted by Gasteiger charge is -2.23. The van der Waals surface area contributed by atoms with Crippen molar-refractivity contribution in [1.82, 2.24) is 0 Å². The van der Waals surface area contributed by atoms with E-state index >= 15 is 0 Å². The Morgan fingerprint density at radius 2 is 1.72 bits per heavy atom. The number of fused-ring (bicyclic) bond motifs is 3. The predicted octanol–water partition coefficient (Wildman–Crippen LogP) is 3.37. The normalized spacial score (nSPS) is 20.3. The quantitative estimate of drug-likeness (QED) is 0.827. The van der Waals surface area contributed by atoms with Crippen molar-refractivity contribution in [3.63, 3.8) is 0 Å². The monoisotopic (exact) mass is 238 g/mol. The lowest BCUT2D eigenvalue weighted by Crippen LogP contribution is -2.32. The fraction of sp³-hybridized carbons (Fsp3) is 0.188. The molecule has 1 atom stereocenters. The lowest BCUT2D eigenvalue weighted by atomic mass is 9.78. The third-order valence-corrected chi connectivity index (χ3v) is 3.96. The summed E-state index contributed by atoms with van der Waals surface area (Å²) in [5.41, 5.74) is 4.02. The minimum absolute atomic E-state index is 0.789. The topological polar surface area (TPSA) is 37.3 Å². The van der Waals surface area contributed by atoms with Crippen molar-refractivity contribution in [2.75, 3.05) is 0 Å². The number of aliphatic carboxylic acids is 1. The molecule has 0 aliphatic heterocycles. The molecule has 1 aliphatic rings. The average molecular weight is 238 g/mol. The standard InChI is InChI=1S/C16H14O2/c1-10-6-5-8-12-11-7-3-4-9-13(11)16(2,14(10)12)15(17)18/h3-9H,1-2H3,(H,17,18). The second-order valence-corrected chi connectivity index (χ2v) is 4.97. The highest BCUT2D eigenvalue weighted by Crippen LogP contribution is 2.49. The molecule has 0 bridgehead atoms. The summed E-state index contributed by atoms with van der Waals surface area (Å²) in [5.74, 6) is -0.789. The van der Waals surface area contributed by atoms with Gasteiger partial charge in [-0.15, -0.1) is 0 Å². The van der Waals surface area contributed by atoms with E-state index in [-0.39, 0.29) is 0 Å². The van der Waals surface area contributed by atoms with Crippen LogP contribution in [-0.2, 0) is 10.2 Å². The largest absolute Gasteiger partial charge is 0.480 e. The van der Waals surface area contributed by atoms with Crippen molar-refractivity contribution >= 4 is 5.97 Å². The van der Waals surface area contributed by atoms with Gasteiger partial charge in [-0.05, 0) is 41.7 Å². The summed E-state index contributed by atoms with van der Waals surface area (Å²) in [7, 11) is 0. The summed E-state index contributed by atoms with van der Waals surface area (Å²) in [6.45, 7) is 3.78. The first kappa shape index (κ1) is 11.0. The predicted molar refractivity (Wildman–Crippen MR) is 70.7 cm³/mol.